The van der Waals surface area contributed by atoms with Crippen molar-refractivity contribution in [3.05, 3.63) is 29.8 Å². The second-order valence-electron chi connectivity index (χ2n) is 5.61. The molecule has 2 aliphatic rings. The molecule has 0 saturated heterocycles. The summed E-state index contributed by atoms with van der Waals surface area (Å²) in [6.07, 6.45) is 5.58. The molecule has 0 amide bonds. The van der Waals surface area contributed by atoms with Crippen LogP contribution in [0.5, 0.6) is 0 Å². The second-order valence-corrected chi connectivity index (χ2v) is 7.12. The smallest absolute Gasteiger partial charge is 0.0340 e. The molecule has 3 rings (SSSR count). The van der Waals surface area contributed by atoms with Gasteiger partial charge in [0.05, 0.1) is 0 Å². The highest BCUT2D eigenvalue weighted by atomic mass is 32.2. The van der Waals surface area contributed by atoms with Crippen LogP contribution in [0, 0.1) is 12.3 Å². The first-order chi connectivity index (χ1) is 7.67. The van der Waals surface area contributed by atoms with Gasteiger partial charge in [-0.1, -0.05) is 18.2 Å². The Morgan fingerprint density at radius 2 is 1.94 bits per heavy atom. The van der Waals surface area contributed by atoms with Gasteiger partial charge < -0.3 is 5.73 Å². The first-order valence-electron chi connectivity index (χ1n) is 6.12. The highest BCUT2D eigenvalue weighted by molar-refractivity contribution is 8.00. The van der Waals surface area contributed by atoms with E-state index in [4.69, 9.17) is 5.73 Å². The quantitative estimate of drug-likeness (QED) is 0.866. The fraction of sp³-hybridized carbons (Fsp3) is 0.571. The van der Waals surface area contributed by atoms with Crippen molar-refractivity contribution < 1.29 is 0 Å². The van der Waals surface area contributed by atoms with Crippen LogP contribution in [0.2, 0.25) is 0 Å². The Kier molecular flexibility index (Phi) is 2.34. The molecule has 86 valence electrons. The molecule has 0 atom stereocenters. The lowest BCUT2D eigenvalue weighted by Gasteiger charge is -2.47. The van der Waals surface area contributed by atoms with E-state index in [-0.39, 0.29) is 0 Å². The Morgan fingerprint density at radius 3 is 2.50 bits per heavy atom. The minimum absolute atomic E-state index is 0.350. The monoisotopic (exact) mass is 233 g/mol. The van der Waals surface area contributed by atoms with Gasteiger partial charge in [-0.05, 0) is 49.7 Å². The predicted molar refractivity (Wildman–Crippen MR) is 69.7 cm³/mol. The minimum Gasteiger partial charge on any atom is -0.329 e. The maximum Gasteiger partial charge on any atom is 0.0340 e. The maximum atomic E-state index is 5.99. The van der Waals surface area contributed by atoms with E-state index in [1.165, 1.54) is 36.1 Å². The number of aryl methyl sites for hydroxylation is 1. The zero-order chi connectivity index (χ0) is 11.2. The van der Waals surface area contributed by atoms with Gasteiger partial charge in [0.1, 0.15) is 0 Å². The van der Waals surface area contributed by atoms with E-state index >= 15 is 0 Å². The van der Waals surface area contributed by atoms with Crippen molar-refractivity contribution in [3.63, 3.8) is 0 Å². The molecule has 0 unspecified atom stereocenters. The molecule has 2 heteroatoms. The molecular weight excluding hydrogens is 214 g/mol. The van der Waals surface area contributed by atoms with E-state index in [0.717, 1.165) is 12.0 Å². The van der Waals surface area contributed by atoms with Gasteiger partial charge in [-0.3, -0.25) is 0 Å². The van der Waals surface area contributed by atoms with E-state index in [2.05, 4.69) is 31.2 Å². The molecule has 1 aromatic carbocycles. The van der Waals surface area contributed by atoms with E-state index in [0.29, 0.717) is 4.75 Å². The Labute approximate surface area is 102 Å². The largest absolute Gasteiger partial charge is 0.329 e. The van der Waals surface area contributed by atoms with Crippen LogP contribution >= 0.6 is 11.8 Å². The number of hydrogen-bond donors (Lipinski definition) is 1. The van der Waals surface area contributed by atoms with Crippen LogP contribution in [0.4, 0.5) is 0 Å². The van der Waals surface area contributed by atoms with Gasteiger partial charge in [0.15, 0.2) is 0 Å². The SMILES string of the molecule is Cc1ccccc1SC1(CN)CC2(CC2)C1. The Hall–Kier alpha value is -0.470. The van der Waals surface area contributed by atoms with Crippen LogP contribution in [-0.2, 0) is 0 Å². The van der Waals surface area contributed by atoms with E-state index in [1.54, 1.807) is 0 Å². The molecule has 1 spiro atoms. The average Bonchev–Trinajstić information content (AvgIpc) is 3.00. The van der Waals surface area contributed by atoms with Crippen molar-refractivity contribution in [1.82, 2.24) is 0 Å². The van der Waals surface area contributed by atoms with Crippen molar-refractivity contribution >= 4 is 11.8 Å². The topological polar surface area (TPSA) is 26.0 Å². The Morgan fingerprint density at radius 1 is 1.25 bits per heavy atom. The van der Waals surface area contributed by atoms with Crippen molar-refractivity contribution in [2.24, 2.45) is 11.1 Å². The summed E-state index contributed by atoms with van der Waals surface area (Å²) in [7, 11) is 0. The lowest BCUT2D eigenvalue weighted by atomic mass is 9.71. The van der Waals surface area contributed by atoms with Crippen molar-refractivity contribution in [2.75, 3.05) is 6.54 Å². The molecule has 0 bridgehead atoms. The first-order valence-corrected chi connectivity index (χ1v) is 6.94. The number of thioether (sulfide) groups is 1. The molecular formula is C14H19NS. The van der Waals surface area contributed by atoms with Gasteiger partial charge in [-0.25, -0.2) is 0 Å². The predicted octanol–water partition coefficient (Wildman–Crippen LogP) is 3.36. The molecule has 1 aromatic rings. The molecule has 1 nitrogen and oxygen atoms in total. The van der Waals surface area contributed by atoms with Gasteiger partial charge in [0.25, 0.3) is 0 Å². The molecule has 0 radical (unpaired) electrons. The molecule has 0 aromatic heterocycles. The molecule has 0 aliphatic heterocycles. The van der Waals surface area contributed by atoms with E-state index in [1.807, 2.05) is 11.8 Å². The number of hydrogen-bond acceptors (Lipinski definition) is 2. The van der Waals surface area contributed by atoms with Crippen LogP contribution in [0.25, 0.3) is 0 Å². The molecule has 2 N–H and O–H groups in total. The maximum absolute atomic E-state index is 5.99. The van der Waals surface area contributed by atoms with E-state index in [9.17, 15) is 0 Å². The minimum atomic E-state index is 0.350. The van der Waals surface area contributed by atoms with Gasteiger partial charge in [-0.2, -0.15) is 0 Å². The Bertz CT molecular complexity index is 401. The average molecular weight is 233 g/mol. The molecule has 0 heterocycles. The van der Waals surface area contributed by atoms with Crippen molar-refractivity contribution in [1.29, 1.82) is 0 Å². The van der Waals surface area contributed by atoms with Gasteiger partial charge in [0, 0.05) is 16.2 Å². The molecule has 16 heavy (non-hydrogen) atoms. The third kappa shape index (κ3) is 1.68. The summed E-state index contributed by atoms with van der Waals surface area (Å²) in [4.78, 5) is 1.42. The lowest BCUT2D eigenvalue weighted by Crippen LogP contribution is -2.48. The highest BCUT2D eigenvalue weighted by Crippen LogP contribution is 2.69. The first kappa shape index (κ1) is 10.7. The third-order valence-corrected chi connectivity index (χ3v) is 5.71. The summed E-state index contributed by atoms with van der Waals surface area (Å²) in [5, 5.41) is 0. The summed E-state index contributed by atoms with van der Waals surface area (Å²) in [5.41, 5.74) is 8.11. The van der Waals surface area contributed by atoms with Crippen LogP contribution < -0.4 is 5.73 Å². The standard InChI is InChI=1S/C14H19NS/c1-11-4-2-3-5-12(11)16-14(10-15)8-13(9-14)6-7-13/h2-5H,6-10,15H2,1H3. The van der Waals surface area contributed by atoms with Crippen LogP contribution in [-0.4, -0.2) is 11.3 Å². The van der Waals surface area contributed by atoms with Crippen molar-refractivity contribution in [2.45, 2.75) is 42.2 Å². The molecule has 2 saturated carbocycles. The van der Waals surface area contributed by atoms with Crippen LogP contribution in [0.1, 0.15) is 31.2 Å². The number of nitrogens with two attached hydrogens (primary N) is 1. The van der Waals surface area contributed by atoms with Crippen molar-refractivity contribution in [3.8, 4) is 0 Å². The van der Waals surface area contributed by atoms with E-state index < -0.39 is 0 Å². The lowest BCUT2D eigenvalue weighted by molar-refractivity contribution is 0.210. The molecule has 2 aliphatic carbocycles. The highest BCUT2D eigenvalue weighted by Gasteiger charge is 2.60. The zero-order valence-corrected chi connectivity index (χ0v) is 10.6. The summed E-state index contributed by atoms with van der Waals surface area (Å²) in [6, 6.07) is 8.66. The summed E-state index contributed by atoms with van der Waals surface area (Å²) < 4.78 is 0.350. The summed E-state index contributed by atoms with van der Waals surface area (Å²) in [6.45, 7) is 3.02. The Balaban J connectivity index is 1.76. The van der Waals surface area contributed by atoms with Gasteiger partial charge in [-0.15, -0.1) is 11.8 Å². The fourth-order valence-electron chi connectivity index (χ4n) is 3.01. The van der Waals surface area contributed by atoms with Crippen LogP contribution in [0.15, 0.2) is 29.2 Å². The molecule has 2 fully saturated rings. The van der Waals surface area contributed by atoms with Crippen LogP contribution in [0.3, 0.4) is 0 Å². The second kappa shape index (κ2) is 3.51. The summed E-state index contributed by atoms with van der Waals surface area (Å²) >= 11 is 2.02. The normalized spacial score (nSPS) is 24.1. The third-order valence-electron chi connectivity index (χ3n) is 4.14. The summed E-state index contributed by atoms with van der Waals surface area (Å²) in [5.74, 6) is 0. The zero-order valence-electron chi connectivity index (χ0n) is 9.83. The number of rotatable bonds is 3. The number of benzene rings is 1. The van der Waals surface area contributed by atoms with Gasteiger partial charge in [0.2, 0.25) is 0 Å². The fourth-order valence-corrected chi connectivity index (χ4v) is 4.69. The van der Waals surface area contributed by atoms with Gasteiger partial charge >= 0.3 is 0 Å².